The molecule has 1 heterocycles. The molecule has 1 N–H and O–H groups in total. The molecule has 2 amide bonds. The van der Waals surface area contributed by atoms with Crippen LogP contribution < -0.4 is 5.32 Å². The van der Waals surface area contributed by atoms with E-state index in [2.05, 4.69) is 17.4 Å². The van der Waals surface area contributed by atoms with Crippen molar-refractivity contribution in [2.45, 2.75) is 70.6 Å². The highest BCUT2D eigenvalue weighted by atomic mass is 19.1. The van der Waals surface area contributed by atoms with E-state index < -0.39 is 11.7 Å². The first-order chi connectivity index (χ1) is 15.7. The average Bonchev–Trinajstić information content (AvgIpc) is 2.78. The Morgan fingerprint density at radius 1 is 1.00 bits per heavy atom. The van der Waals surface area contributed by atoms with Crippen LogP contribution in [0.5, 0.6) is 0 Å². The summed E-state index contributed by atoms with van der Waals surface area (Å²) in [6, 6.07) is 14.5. The second kappa shape index (κ2) is 9.54. The van der Waals surface area contributed by atoms with Gasteiger partial charge in [-0.2, -0.15) is 0 Å². The van der Waals surface area contributed by atoms with Crippen LogP contribution in [0.1, 0.15) is 69.2 Å². The summed E-state index contributed by atoms with van der Waals surface area (Å²) in [5.74, 6) is -0.207. The van der Waals surface area contributed by atoms with E-state index >= 15 is 0 Å². The number of rotatable bonds is 3. The van der Waals surface area contributed by atoms with Crippen LogP contribution >= 0.6 is 0 Å². The number of nitrogens with one attached hydrogen (secondary N) is 1. The Morgan fingerprint density at radius 3 is 2.33 bits per heavy atom. The molecule has 1 atom stereocenters. The average molecular weight is 453 g/mol. The minimum absolute atomic E-state index is 0.0267. The Balaban J connectivity index is 1.46. The number of benzene rings is 2. The van der Waals surface area contributed by atoms with Crippen molar-refractivity contribution in [2.24, 2.45) is 5.92 Å². The molecule has 6 heteroatoms. The summed E-state index contributed by atoms with van der Waals surface area (Å²) in [6.45, 7) is 6.18. The SMILES string of the molecule is CC(C)(C)OC(=O)N[C@H]1CC[C@@H](C(=O)N2CCc3ccccc3[C@@H]2c2ccc(F)cc2)CC1. The lowest BCUT2D eigenvalue weighted by molar-refractivity contribution is -0.138. The second-order valence-electron chi connectivity index (χ2n) is 10.1. The van der Waals surface area contributed by atoms with Crippen LogP contribution in [0, 0.1) is 11.7 Å². The molecule has 0 spiro atoms. The van der Waals surface area contributed by atoms with E-state index in [1.807, 2.05) is 37.8 Å². The fraction of sp³-hybridized carbons (Fsp3) is 0.481. The van der Waals surface area contributed by atoms with E-state index in [0.717, 1.165) is 43.2 Å². The number of hydrogen-bond donors (Lipinski definition) is 1. The fourth-order valence-corrected chi connectivity index (χ4v) is 5.00. The summed E-state index contributed by atoms with van der Waals surface area (Å²) < 4.78 is 19.0. The van der Waals surface area contributed by atoms with Crippen LogP contribution in [0.3, 0.4) is 0 Å². The van der Waals surface area contributed by atoms with Gasteiger partial charge in [-0.25, -0.2) is 9.18 Å². The molecule has 5 nitrogen and oxygen atoms in total. The monoisotopic (exact) mass is 452 g/mol. The van der Waals surface area contributed by atoms with Gasteiger partial charge in [0.1, 0.15) is 11.4 Å². The molecule has 0 bridgehead atoms. The van der Waals surface area contributed by atoms with Crippen molar-refractivity contribution in [3.05, 3.63) is 71.0 Å². The summed E-state index contributed by atoms with van der Waals surface area (Å²) in [6.07, 6.45) is 3.38. The molecule has 33 heavy (non-hydrogen) atoms. The van der Waals surface area contributed by atoms with Gasteiger partial charge in [-0.15, -0.1) is 0 Å². The van der Waals surface area contributed by atoms with E-state index in [4.69, 9.17) is 4.74 Å². The van der Waals surface area contributed by atoms with Crippen LogP contribution in [0.15, 0.2) is 48.5 Å². The highest BCUT2D eigenvalue weighted by Gasteiger charge is 2.37. The van der Waals surface area contributed by atoms with Gasteiger partial charge in [-0.3, -0.25) is 4.79 Å². The Kier molecular flexibility index (Phi) is 6.73. The third-order valence-electron chi connectivity index (χ3n) is 6.55. The van der Waals surface area contributed by atoms with Crippen molar-refractivity contribution in [1.82, 2.24) is 10.2 Å². The maximum absolute atomic E-state index is 13.7. The predicted octanol–water partition coefficient (Wildman–Crippen LogP) is 5.38. The van der Waals surface area contributed by atoms with Gasteiger partial charge in [0.05, 0.1) is 6.04 Å². The van der Waals surface area contributed by atoms with E-state index in [1.165, 1.54) is 17.7 Å². The lowest BCUT2D eigenvalue weighted by atomic mass is 9.82. The number of amides is 2. The molecular formula is C27H33FN2O3. The van der Waals surface area contributed by atoms with Gasteiger partial charge in [-0.05, 0) is 81.7 Å². The highest BCUT2D eigenvalue weighted by Crippen LogP contribution is 2.38. The zero-order valence-corrected chi connectivity index (χ0v) is 19.6. The van der Waals surface area contributed by atoms with Crippen molar-refractivity contribution >= 4 is 12.0 Å². The number of carbonyl (C=O) groups excluding carboxylic acids is 2. The van der Waals surface area contributed by atoms with Gasteiger partial charge in [-0.1, -0.05) is 36.4 Å². The van der Waals surface area contributed by atoms with Gasteiger partial charge in [0, 0.05) is 18.5 Å². The Hall–Kier alpha value is -2.89. The molecule has 1 aliphatic carbocycles. The number of nitrogens with zero attached hydrogens (tertiary/aromatic N) is 1. The molecule has 2 aromatic rings. The van der Waals surface area contributed by atoms with Crippen LogP contribution in [0.25, 0.3) is 0 Å². The molecule has 0 radical (unpaired) electrons. The van der Waals surface area contributed by atoms with Gasteiger partial charge in [0.15, 0.2) is 0 Å². The number of fused-ring (bicyclic) bond motifs is 1. The van der Waals surface area contributed by atoms with Gasteiger partial charge in [0.25, 0.3) is 0 Å². The third-order valence-corrected chi connectivity index (χ3v) is 6.55. The minimum Gasteiger partial charge on any atom is -0.444 e. The molecule has 1 saturated carbocycles. The lowest BCUT2D eigenvalue weighted by Crippen LogP contribution is -2.46. The number of alkyl carbamates (subject to hydrolysis) is 1. The maximum Gasteiger partial charge on any atom is 0.407 e. The third kappa shape index (κ3) is 5.55. The maximum atomic E-state index is 13.7. The molecule has 2 aliphatic rings. The van der Waals surface area contributed by atoms with Crippen LogP contribution in [-0.4, -0.2) is 35.1 Å². The van der Waals surface area contributed by atoms with Crippen molar-refractivity contribution in [3.8, 4) is 0 Å². The second-order valence-corrected chi connectivity index (χ2v) is 10.1. The van der Waals surface area contributed by atoms with Crippen LogP contribution in [0.2, 0.25) is 0 Å². The standard InChI is InChI=1S/C27H33FN2O3/c1-27(2,3)33-26(32)29-22-14-10-20(11-15-22)25(31)30-17-16-18-6-4-5-7-23(18)24(30)19-8-12-21(28)13-9-19/h4-9,12-13,20,22,24H,10-11,14-17H2,1-3H3,(H,29,32)/t20-,22+,24-/m0/s1. The Bertz CT molecular complexity index is 991. The first kappa shape index (κ1) is 23.3. The minimum atomic E-state index is -0.531. The van der Waals surface area contributed by atoms with Gasteiger partial charge < -0.3 is 15.0 Å². The fourth-order valence-electron chi connectivity index (χ4n) is 5.00. The van der Waals surface area contributed by atoms with Gasteiger partial charge >= 0.3 is 6.09 Å². The zero-order chi connectivity index (χ0) is 23.6. The molecule has 176 valence electrons. The molecule has 0 saturated heterocycles. The predicted molar refractivity (Wildman–Crippen MR) is 125 cm³/mol. The summed E-state index contributed by atoms with van der Waals surface area (Å²) in [5.41, 5.74) is 2.75. The van der Waals surface area contributed by atoms with E-state index in [-0.39, 0.29) is 29.7 Å². The summed E-state index contributed by atoms with van der Waals surface area (Å²) >= 11 is 0. The molecule has 4 rings (SSSR count). The van der Waals surface area contributed by atoms with Crippen molar-refractivity contribution in [3.63, 3.8) is 0 Å². The number of hydrogen-bond acceptors (Lipinski definition) is 3. The van der Waals surface area contributed by atoms with E-state index in [9.17, 15) is 14.0 Å². The zero-order valence-electron chi connectivity index (χ0n) is 19.6. The quantitative estimate of drug-likeness (QED) is 0.680. The first-order valence-electron chi connectivity index (χ1n) is 11.8. The van der Waals surface area contributed by atoms with Crippen LogP contribution in [0.4, 0.5) is 9.18 Å². The first-order valence-corrected chi connectivity index (χ1v) is 11.8. The molecule has 0 unspecified atom stereocenters. The molecular weight excluding hydrogens is 419 g/mol. The number of carbonyl (C=O) groups is 2. The van der Waals surface area contributed by atoms with E-state index in [0.29, 0.717) is 6.54 Å². The Morgan fingerprint density at radius 2 is 1.67 bits per heavy atom. The molecule has 2 aromatic carbocycles. The van der Waals surface area contributed by atoms with Gasteiger partial charge in [0.2, 0.25) is 5.91 Å². The van der Waals surface area contributed by atoms with Crippen molar-refractivity contribution < 1.29 is 18.7 Å². The highest BCUT2D eigenvalue weighted by molar-refractivity contribution is 5.80. The molecule has 1 fully saturated rings. The largest absolute Gasteiger partial charge is 0.444 e. The van der Waals surface area contributed by atoms with Crippen molar-refractivity contribution in [1.29, 1.82) is 0 Å². The Labute approximate surface area is 195 Å². The summed E-state index contributed by atoms with van der Waals surface area (Å²) in [4.78, 5) is 27.7. The smallest absolute Gasteiger partial charge is 0.407 e. The van der Waals surface area contributed by atoms with Crippen molar-refractivity contribution in [2.75, 3.05) is 6.54 Å². The lowest BCUT2D eigenvalue weighted by Gasteiger charge is -2.41. The summed E-state index contributed by atoms with van der Waals surface area (Å²) in [5, 5.41) is 2.95. The topological polar surface area (TPSA) is 58.6 Å². The number of halogens is 1. The van der Waals surface area contributed by atoms with E-state index in [1.54, 1.807) is 12.1 Å². The van der Waals surface area contributed by atoms with Crippen LogP contribution in [-0.2, 0) is 16.0 Å². The molecule has 0 aromatic heterocycles. The normalized spacial score (nSPS) is 22.9. The molecule has 1 aliphatic heterocycles. The summed E-state index contributed by atoms with van der Waals surface area (Å²) in [7, 11) is 0. The number of ether oxygens (including phenoxy) is 1.